The molecule has 19 heavy (non-hydrogen) atoms. The van der Waals surface area contributed by atoms with E-state index in [9.17, 15) is 0 Å². The second-order valence-electron chi connectivity index (χ2n) is 4.23. The summed E-state index contributed by atoms with van der Waals surface area (Å²) in [5, 5.41) is 2.29. The van der Waals surface area contributed by atoms with Crippen molar-refractivity contribution in [1.82, 2.24) is 4.98 Å². The van der Waals surface area contributed by atoms with Crippen LogP contribution in [0.3, 0.4) is 0 Å². The first kappa shape index (κ1) is 12.0. The van der Waals surface area contributed by atoms with E-state index in [1.54, 1.807) is 18.9 Å². The number of para-hydroxylation sites is 1. The molecule has 1 aromatic heterocycles. The fraction of sp³-hybridized carbons (Fsp3) is 0.0667. The predicted octanol–water partition coefficient (Wildman–Crippen LogP) is 3.91. The number of hydrogen-bond donors (Lipinski definition) is 2. The number of fused-ring (bicyclic) bond motifs is 1. The molecule has 3 aromatic rings. The van der Waals surface area contributed by atoms with Crippen molar-refractivity contribution in [1.29, 1.82) is 0 Å². The fourth-order valence-electron chi connectivity index (χ4n) is 1.97. The van der Waals surface area contributed by atoms with Crippen molar-refractivity contribution >= 4 is 28.4 Å². The highest BCUT2D eigenvalue weighted by Crippen LogP contribution is 2.34. The lowest BCUT2D eigenvalue weighted by Crippen LogP contribution is -1.90. The van der Waals surface area contributed by atoms with Gasteiger partial charge in [-0.25, -0.2) is 0 Å². The maximum Gasteiger partial charge on any atom is 0.120 e. The van der Waals surface area contributed by atoms with Gasteiger partial charge in [0.1, 0.15) is 5.75 Å². The first-order valence-corrected chi connectivity index (χ1v) is 6.77. The summed E-state index contributed by atoms with van der Waals surface area (Å²) in [6, 6.07) is 16.1. The molecule has 0 saturated carbocycles. The summed E-state index contributed by atoms with van der Waals surface area (Å²) < 4.78 is 5.15. The highest BCUT2D eigenvalue weighted by atomic mass is 32.2. The molecule has 0 radical (unpaired) electrons. The highest BCUT2D eigenvalue weighted by molar-refractivity contribution is 7.99. The number of rotatable bonds is 3. The Hall–Kier alpha value is -2.07. The monoisotopic (exact) mass is 270 g/mol. The van der Waals surface area contributed by atoms with E-state index in [1.807, 2.05) is 30.3 Å². The average molecular weight is 270 g/mol. The van der Waals surface area contributed by atoms with Gasteiger partial charge in [-0.1, -0.05) is 30.0 Å². The van der Waals surface area contributed by atoms with Gasteiger partial charge in [-0.05, 0) is 24.3 Å². The highest BCUT2D eigenvalue weighted by Gasteiger charge is 2.06. The number of methoxy groups -OCH3 is 1. The smallest absolute Gasteiger partial charge is 0.120 e. The van der Waals surface area contributed by atoms with Crippen molar-refractivity contribution < 1.29 is 4.74 Å². The van der Waals surface area contributed by atoms with Crippen molar-refractivity contribution in [3.8, 4) is 5.75 Å². The summed E-state index contributed by atoms with van der Waals surface area (Å²) in [5.74, 6) is 0.776. The minimum Gasteiger partial charge on any atom is -0.497 e. The summed E-state index contributed by atoms with van der Waals surface area (Å²) in [7, 11) is 1.64. The van der Waals surface area contributed by atoms with E-state index in [0.717, 1.165) is 26.9 Å². The lowest BCUT2D eigenvalue weighted by Gasteiger charge is -2.06. The first-order chi connectivity index (χ1) is 9.26. The fourth-order valence-corrected chi connectivity index (χ4v) is 2.86. The third kappa shape index (κ3) is 2.39. The van der Waals surface area contributed by atoms with E-state index >= 15 is 0 Å². The Balaban J connectivity index is 1.92. The van der Waals surface area contributed by atoms with E-state index in [2.05, 4.69) is 23.2 Å². The van der Waals surface area contributed by atoms with Crippen molar-refractivity contribution in [3.05, 3.63) is 48.5 Å². The van der Waals surface area contributed by atoms with Gasteiger partial charge in [-0.15, -0.1) is 0 Å². The quantitative estimate of drug-likeness (QED) is 0.709. The summed E-state index contributed by atoms with van der Waals surface area (Å²) in [4.78, 5) is 4.40. The third-order valence-electron chi connectivity index (χ3n) is 2.94. The molecule has 3 N–H and O–H groups in total. The molecule has 0 bridgehead atoms. The number of ether oxygens (including phenoxy) is 1. The number of aromatic nitrogens is 1. The molecule has 0 spiro atoms. The molecule has 0 aliphatic carbocycles. The van der Waals surface area contributed by atoms with E-state index in [1.165, 1.54) is 5.39 Å². The zero-order chi connectivity index (χ0) is 13.2. The molecule has 0 aliphatic heterocycles. The van der Waals surface area contributed by atoms with Gasteiger partial charge in [0.05, 0.1) is 12.1 Å². The zero-order valence-corrected chi connectivity index (χ0v) is 11.3. The summed E-state index contributed by atoms with van der Waals surface area (Å²) in [6.45, 7) is 0. The molecule has 1 heterocycles. The van der Waals surface area contributed by atoms with Gasteiger partial charge in [-0.3, -0.25) is 0 Å². The molecule has 0 unspecified atom stereocenters. The standard InChI is InChI=1S/C15H14N2OS/c1-18-11-6-7-14(12(16)9-11)19-15-8-10-4-2-3-5-13(10)17-15/h2-9,17H,16H2,1H3. The molecule has 0 atom stereocenters. The van der Waals surface area contributed by atoms with Crippen LogP contribution in [-0.4, -0.2) is 12.1 Å². The van der Waals surface area contributed by atoms with E-state index in [0.29, 0.717) is 0 Å². The van der Waals surface area contributed by atoms with Crippen molar-refractivity contribution in [2.75, 3.05) is 12.8 Å². The van der Waals surface area contributed by atoms with E-state index in [-0.39, 0.29) is 0 Å². The minimum absolute atomic E-state index is 0.725. The Morgan fingerprint density at radius 3 is 2.68 bits per heavy atom. The van der Waals surface area contributed by atoms with Crippen LogP contribution in [0.5, 0.6) is 5.75 Å². The number of anilines is 1. The molecule has 3 nitrogen and oxygen atoms in total. The van der Waals surface area contributed by atoms with E-state index in [4.69, 9.17) is 10.5 Å². The van der Waals surface area contributed by atoms with Crippen LogP contribution in [0.15, 0.2) is 58.5 Å². The zero-order valence-electron chi connectivity index (χ0n) is 10.5. The van der Waals surface area contributed by atoms with Crippen LogP contribution in [0.2, 0.25) is 0 Å². The van der Waals surface area contributed by atoms with Crippen molar-refractivity contribution in [2.24, 2.45) is 0 Å². The molecule has 96 valence electrons. The molecule has 4 heteroatoms. The first-order valence-electron chi connectivity index (χ1n) is 5.95. The summed E-state index contributed by atoms with van der Waals surface area (Å²) in [5.41, 5.74) is 7.89. The van der Waals surface area contributed by atoms with Gasteiger partial charge >= 0.3 is 0 Å². The van der Waals surface area contributed by atoms with Crippen LogP contribution < -0.4 is 10.5 Å². The molecule has 0 fully saturated rings. The number of nitrogens with one attached hydrogen (secondary N) is 1. The van der Waals surface area contributed by atoms with Gasteiger partial charge in [0, 0.05) is 27.6 Å². The third-order valence-corrected chi connectivity index (χ3v) is 3.97. The molecular formula is C15H14N2OS. The Morgan fingerprint density at radius 1 is 1.11 bits per heavy atom. The van der Waals surface area contributed by atoms with Crippen LogP contribution in [0.4, 0.5) is 5.69 Å². The van der Waals surface area contributed by atoms with Gasteiger partial charge in [-0.2, -0.15) is 0 Å². The Morgan fingerprint density at radius 2 is 1.95 bits per heavy atom. The van der Waals surface area contributed by atoms with Gasteiger partial charge in [0.25, 0.3) is 0 Å². The number of benzene rings is 2. The second-order valence-corrected chi connectivity index (χ2v) is 5.31. The van der Waals surface area contributed by atoms with Gasteiger partial charge in [0.2, 0.25) is 0 Å². The minimum atomic E-state index is 0.725. The normalized spacial score (nSPS) is 10.8. The largest absolute Gasteiger partial charge is 0.497 e. The molecule has 0 amide bonds. The van der Waals surface area contributed by atoms with Crippen molar-refractivity contribution in [2.45, 2.75) is 9.92 Å². The number of aromatic amines is 1. The number of hydrogen-bond acceptors (Lipinski definition) is 3. The molecule has 0 aliphatic rings. The number of nitrogens with two attached hydrogens (primary N) is 1. The summed E-state index contributed by atoms with van der Waals surface area (Å²) in [6.07, 6.45) is 0. The average Bonchev–Trinajstić information content (AvgIpc) is 2.83. The second kappa shape index (κ2) is 4.90. The van der Waals surface area contributed by atoms with Gasteiger partial charge in [0.15, 0.2) is 0 Å². The van der Waals surface area contributed by atoms with Crippen LogP contribution in [0, 0.1) is 0 Å². The van der Waals surface area contributed by atoms with Gasteiger partial charge < -0.3 is 15.5 Å². The van der Waals surface area contributed by atoms with E-state index < -0.39 is 0 Å². The maximum atomic E-state index is 6.02. The topological polar surface area (TPSA) is 51.0 Å². The Labute approximate surface area is 115 Å². The van der Waals surface area contributed by atoms with Crippen LogP contribution in [0.25, 0.3) is 10.9 Å². The molecular weight excluding hydrogens is 256 g/mol. The molecule has 2 aromatic carbocycles. The lowest BCUT2D eigenvalue weighted by molar-refractivity contribution is 0.415. The predicted molar refractivity (Wildman–Crippen MR) is 79.8 cm³/mol. The summed E-state index contributed by atoms with van der Waals surface area (Å²) >= 11 is 1.62. The lowest BCUT2D eigenvalue weighted by atomic mass is 10.3. The Kier molecular flexibility index (Phi) is 3.09. The molecule has 0 saturated heterocycles. The van der Waals surface area contributed by atoms with Crippen LogP contribution in [-0.2, 0) is 0 Å². The van der Waals surface area contributed by atoms with Crippen LogP contribution >= 0.6 is 11.8 Å². The van der Waals surface area contributed by atoms with Crippen LogP contribution in [0.1, 0.15) is 0 Å². The SMILES string of the molecule is COc1ccc(Sc2cc3ccccc3[nH]2)c(N)c1. The maximum absolute atomic E-state index is 6.02. The Bertz CT molecular complexity index is 688. The number of nitrogen functional groups attached to an aromatic ring is 1. The van der Waals surface area contributed by atoms with Crippen molar-refractivity contribution in [3.63, 3.8) is 0 Å². The number of H-pyrrole nitrogens is 1. The molecule has 3 rings (SSSR count).